The monoisotopic (exact) mass is 275 g/mol. The van der Waals surface area contributed by atoms with Crippen LogP contribution in [0.3, 0.4) is 0 Å². The van der Waals surface area contributed by atoms with Crippen LogP contribution in [0.5, 0.6) is 0 Å². The van der Waals surface area contributed by atoms with E-state index in [9.17, 15) is 4.79 Å². The molecule has 1 aliphatic heterocycles. The summed E-state index contributed by atoms with van der Waals surface area (Å²) in [6, 6.07) is 8.50. The van der Waals surface area contributed by atoms with Crippen molar-refractivity contribution in [3.63, 3.8) is 0 Å². The largest absolute Gasteiger partial charge is 0.314 e. The molecule has 1 heterocycles. The number of para-hydroxylation sites is 1. The Morgan fingerprint density at radius 2 is 2.20 bits per heavy atom. The summed E-state index contributed by atoms with van der Waals surface area (Å²) in [6.07, 6.45) is 0. The van der Waals surface area contributed by atoms with E-state index >= 15 is 0 Å². The number of carbonyl (C=O) groups is 1. The zero-order valence-electron chi connectivity index (χ0n) is 12.7. The van der Waals surface area contributed by atoms with E-state index in [1.807, 2.05) is 30.0 Å². The van der Waals surface area contributed by atoms with Crippen molar-refractivity contribution in [2.24, 2.45) is 0 Å². The van der Waals surface area contributed by atoms with Crippen LogP contribution in [0.15, 0.2) is 24.3 Å². The molecule has 0 aliphatic carbocycles. The van der Waals surface area contributed by atoms with Gasteiger partial charge in [0.15, 0.2) is 0 Å². The lowest BCUT2D eigenvalue weighted by Gasteiger charge is -2.35. The summed E-state index contributed by atoms with van der Waals surface area (Å²) in [5, 5.41) is 3.36. The Labute approximate surface area is 121 Å². The predicted octanol–water partition coefficient (Wildman–Crippen LogP) is 1.64. The van der Waals surface area contributed by atoms with E-state index in [4.69, 9.17) is 0 Å². The third-order valence-electron chi connectivity index (χ3n) is 4.00. The number of rotatable bonds is 4. The van der Waals surface area contributed by atoms with Gasteiger partial charge in [-0.15, -0.1) is 0 Å². The lowest BCUT2D eigenvalue weighted by Crippen LogP contribution is -2.53. The van der Waals surface area contributed by atoms with Crippen LogP contribution in [0, 0.1) is 6.92 Å². The normalized spacial score (nSPS) is 19.9. The second-order valence-corrected chi connectivity index (χ2v) is 5.45. The molecule has 0 unspecified atom stereocenters. The van der Waals surface area contributed by atoms with E-state index in [1.54, 1.807) is 0 Å². The van der Waals surface area contributed by atoms with Crippen molar-refractivity contribution in [2.75, 3.05) is 37.6 Å². The van der Waals surface area contributed by atoms with Crippen LogP contribution in [0.2, 0.25) is 0 Å². The first-order valence-electron chi connectivity index (χ1n) is 7.44. The number of nitrogens with one attached hydrogen (secondary N) is 1. The van der Waals surface area contributed by atoms with Crippen LogP contribution >= 0.6 is 0 Å². The molecule has 4 nitrogen and oxygen atoms in total. The minimum Gasteiger partial charge on any atom is -0.314 e. The summed E-state index contributed by atoms with van der Waals surface area (Å²) in [7, 11) is 0. The number of benzene rings is 1. The van der Waals surface area contributed by atoms with Crippen molar-refractivity contribution in [1.82, 2.24) is 10.2 Å². The fourth-order valence-electron chi connectivity index (χ4n) is 2.72. The first kappa shape index (κ1) is 15.0. The van der Waals surface area contributed by atoms with Crippen molar-refractivity contribution in [2.45, 2.75) is 26.8 Å². The first-order valence-corrected chi connectivity index (χ1v) is 7.44. The number of nitrogens with zero attached hydrogens (tertiary/aromatic N) is 2. The van der Waals surface area contributed by atoms with Crippen LogP contribution in [0.1, 0.15) is 19.4 Å². The standard InChI is InChI=1S/C16H25N3O/c1-4-19(15-8-6-5-7-13(15)2)16(20)12-18-10-9-17-11-14(18)3/h5-8,14,17H,4,9-12H2,1-3H3/t14-/m0/s1. The van der Waals surface area contributed by atoms with Crippen LogP contribution < -0.4 is 10.2 Å². The molecule has 1 aromatic rings. The highest BCUT2D eigenvalue weighted by Gasteiger charge is 2.23. The summed E-state index contributed by atoms with van der Waals surface area (Å²) in [6.45, 7) is 10.3. The number of hydrogen-bond donors (Lipinski definition) is 1. The van der Waals surface area contributed by atoms with Crippen LogP contribution in [-0.4, -0.2) is 49.6 Å². The van der Waals surface area contributed by atoms with Gasteiger partial charge in [-0.3, -0.25) is 9.69 Å². The van der Waals surface area contributed by atoms with Gasteiger partial charge in [-0.1, -0.05) is 18.2 Å². The van der Waals surface area contributed by atoms with E-state index in [0.29, 0.717) is 19.1 Å². The lowest BCUT2D eigenvalue weighted by molar-refractivity contribution is -0.120. The number of anilines is 1. The topological polar surface area (TPSA) is 35.6 Å². The fourth-order valence-corrected chi connectivity index (χ4v) is 2.72. The Morgan fingerprint density at radius 1 is 1.45 bits per heavy atom. The molecule has 0 saturated carbocycles. The van der Waals surface area contributed by atoms with E-state index in [1.165, 1.54) is 0 Å². The minimum atomic E-state index is 0.190. The number of likely N-dealkylation sites (N-methyl/N-ethyl adjacent to an activating group) is 1. The maximum absolute atomic E-state index is 12.6. The number of aryl methyl sites for hydroxylation is 1. The van der Waals surface area contributed by atoms with Crippen LogP contribution in [0.4, 0.5) is 5.69 Å². The number of amides is 1. The molecule has 2 rings (SSSR count). The van der Waals surface area contributed by atoms with Crippen molar-refractivity contribution < 1.29 is 4.79 Å². The van der Waals surface area contributed by atoms with E-state index in [-0.39, 0.29) is 5.91 Å². The average Bonchev–Trinajstić information content (AvgIpc) is 2.44. The van der Waals surface area contributed by atoms with Gasteiger partial charge in [0.2, 0.25) is 5.91 Å². The van der Waals surface area contributed by atoms with Gasteiger partial charge in [0.05, 0.1) is 6.54 Å². The second-order valence-electron chi connectivity index (χ2n) is 5.45. The summed E-state index contributed by atoms with van der Waals surface area (Å²) >= 11 is 0. The van der Waals surface area contributed by atoms with Gasteiger partial charge in [0.25, 0.3) is 0 Å². The Morgan fingerprint density at radius 3 is 2.85 bits per heavy atom. The molecule has 1 atom stereocenters. The van der Waals surface area contributed by atoms with Crippen LogP contribution in [0.25, 0.3) is 0 Å². The van der Waals surface area contributed by atoms with Gasteiger partial charge < -0.3 is 10.2 Å². The molecule has 1 amide bonds. The maximum Gasteiger partial charge on any atom is 0.241 e. The molecule has 20 heavy (non-hydrogen) atoms. The summed E-state index contributed by atoms with van der Waals surface area (Å²) in [5.74, 6) is 0.190. The van der Waals surface area contributed by atoms with E-state index in [2.05, 4.69) is 30.1 Å². The fraction of sp³-hybridized carbons (Fsp3) is 0.562. The Bertz CT molecular complexity index is 461. The molecule has 1 aliphatic rings. The second kappa shape index (κ2) is 6.86. The van der Waals surface area contributed by atoms with Gasteiger partial charge in [0.1, 0.15) is 0 Å². The highest BCUT2D eigenvalue weighted by molar-refractivity contribution is 5.95. The first-order chi connectivity index (χ1) is 9.63. The zero-order chi connectivity index (χ0) is 14.5. The molecule has 4 heteroatoms. The van der Waals surface area contributed by atoms with Crippen molar-refractivity contribution in [3.8, 4) is 0 Å². The molecule has 0 radical (unpaired) electrons. The molecular weight excluding hydrogens is 250 g/mol. The Hall–Kier alpha value is -1.39. The third-order valence-corrected chi connectivity index (χ3v) is 4.00. The van der Waals surface area contributed by atoms with E-state index in [0.717, 1.165) is 30.9 Å². The smallest absolute Gasteiger partial charge is 0.241 e. The molecule has 1 aromatic carbocycles. The van der Waals surface area contributed by atoms with Crippen LogP contribution in [-0.2, 0) is 4.79 Å². The molecule has 0 spiro atoms. The molecule has 1 saturated heterocycles. The minimum absolute atomic E-state index is 0.190. The average molecular weight is 275 g/mol. The van der Waals surface area contributed by atoms with Gasteiger partial charge in [-0.2, -0.15) is 0 Å². The van der Waals surface area contributed by atoms with Gasteiger partial charge in [0, 0.05) is 37.9 Å². The molecule has 0 bridgehead atoms. The molecule has 1 fully saturated rings. The van der Waals surface area contributed by atoms with Crippen molar-refractivity contribution in [3.05, 3.63) is 29.8 Å². The van der Waals surface area contributed by atoms with Gasteiger partial charge in [-0.25, -0.2) is 0 Å². The predicted molar refractivity (Wildman–Crippen MR) is 83.1 cm³/mol. The molecule has 110 valence electrons. The SMILES string of the molecule is CCN(C(=O)CN1CCNC[C@@H]1C)c1ccccc1C. The van der Waals surface area contributed by atoms with E-state index < -0.39 is 0 Å². The Kier molecular flexibility index (Phi) is 5.15. The van der Waals surface area contributed by atoms with Crippen molar-refractivity contribution >= 4 is 11.6 Å². The number of carbonyl (C=O) groups excluding carboxylic acids is 1. The third kappa shape index (κ3) is 3.38. The lowest BCUT2D eigenvalue weighted by atomic mass is 10.1. The highest BCUT2D eigenvalue weighted by atomic mass is 16.2. The quantitative estimate of drug-likeness (QED) is 0.907. The summed E-state index contributed by atoms with van der Waals surface area (Å²) in [5.41, 5.74) is 2.18. The summed E-state index contributed by atoms with van der Waals surface area (Å²) in [4.78, 5) is 16.8. The Balaban J connectivity index is 2.08. The van der Waals surface area contributed by atoms with Gasteiger partial charge in [-0.05, 0) is 32.4 Å². The van der Waals surface area contributed by atoms with Crippen molar-refractivity contribution in [1.29, 1.82) is 0 Å². The summed E-state index contributed by atoms with van der Waals surface area (Å²) < 4.78 is 0. The number of piperazine rings is 1. The molecule has 0 aromatic heterocycles. The zero-order valence-corrected chi connectivity index (χ0v) is 12.7. The van der Waals surface area contributed by atoms with Gasteiger partial charge >= 0.3 is 0 Å². The molecular formula is C16H25N3O. The number of hydrogen-bond acceptors (Lipinski definition) is 3. The maximum atomic E-state index is 12.6. The molecule has 1 N–H and O–H groups in total. The highest BCUT2D eigenvalue weighted by Crippen LogP contribution is 2.19.